The van der Waals surface area contributed by atoms with E-state index < -0.39 is 0 Å². The first kappa shape index (κ1) is 20.1. The van der Waals surface area contributed by atoms with Crippen molar-refractivity contribution in [2.24, 2.45) is 0 Å². The van der Waals surface area contributed by atoms with Crippen LogP contribution in [0.3, 0.4) is 0 Å². The summed E-state index contributed by atoms with van der Waals surface area (Å²) in [4.78, 5) is 0. The fraction of sp³-hybridized carbons (Fsp3) is 0.429. The lowest BCUT2D eigenvalue weighted by Gasteiger charge is -2.03. The summed E-state index contributed by atoms with van der Waals surface area (Å²) in [6, 6.07) is 5.60. The van der Waals surface area contributed by atoms with Gasteiger partial charge in [-0.05, 0) is 62.3 Å². The van der Waals surface area contributed by atoms with Crippen LogP contribution in [0.2, 0.25) is 10.0 Å². The Morgan fingerprint density at radius 1 is 1.15 bits per heavy atom. The van der Waals surface area contributed by atoms with Gasteiger partial charge in [0.15, 0.2) is 0 Å². The molecule has 0 aliphatic carbocycles. The third-order valence-corrected chi connectivity index (χ3v) is 5.29. The molecule has 0 radical (unpaired) electrons. The van der Waals surface area contributed by atoms with Gasteiger partial charge in [-0.25, -0.2) is 4.68 Å². The van der Waals surface area contributed by atoms with Crippen molar-refractivity contribution >= 4 is 29.3 Å². The molecule has 0 amide bonds. The molecule has 1 aromatic heterocycles. The Balaban J connectivity index is 1.39. The van der Waals surface area contributed by atoms with Gasteiger partial charge in [-0.15, -0.1) is 5.10 Å². The Kier molecular flexibility index (Phi) is 7.93. The van der Waals surface area contributed by atoms with Crippen molar-refractivity contribution in [1.82, 2.24) is 15.0 Å². The number of allylic oxidation sites excluding steroid dienone is 1. The van der Waals surface area contributed by atoms with E-state index in [4.69, 9.17) is 27.9 Å². The first-order valence-corrected chi connectivity index (χ1v) is 10.2. The molecule has 0 fully saturated rings. The molecule has 0 bridgehead atoms. The molecule has 0 saturated carbocycles. The van der Waals surface area contributed by atoms with Crippen LogP contribution in [0.4, 0.5) is 0 Å². The topological polar surface area (TPSA) is 39.9 Å². The maximum absolute atomic E-state index is 6.05. The second kappa shape index (κ2) is 10.6. The van der Waals surface area contributed by atoms with E-state index in [0.29, 0.717) is 16.6 Å². The molecule has 0 N–H and O–H groups in total. The quantitative estimate of drug-likeness (QED) is 0.402. The second-order valence-corrected chi connectivity index (χ2v) is 7.57. The van der Waals surface area contributed by atoms with E-state index in [2.05, 4.69) is 22.5 Å². The molecule has 1 aliphatic heterocycles. The zero-order valence-corrected chi connectivity index (χ0v) is 16.9. The number of hydrogen-bond donors (Lipinski definition) is 0. The Morgan fingerprint density at radius 3 is 2.96 bits per heavy atom. The molecule has 1 aliphatic rings. The summed E-state index contributed by atoms with van der Waals surface area (Å²) in [6.45, 7) is 2.37. The number of benzene rings is 1. The predicted octanol–water partition coefficient (Wildman–Crippen LogP) is 5.94. The molecule has 0 atom stereocenters. The average molecular weight is 406 g/mol. The molecule has 6 heteroatoms. The summed E-state index contributed by atoms with van der Waals surface area (Å²) in [5, 5.41) is 9.49. The molecule has 0 saturated heterocycles. The van der Waals surface area contributed by atoms with Crippen molar-refractivity contribution in [3.8, 4) is 0 Å². The van der Waals surface area contributed by atoms with E-state index in [9.17, 15) is 0 Å². The number of ether oxygens (including phenoxy) is 1. The Bertz CT molecular complexity index is 798. The Morgan fingerprint density at radius 2 is 2.07 bits per heavy atom. The average Bonchev–Trinajstić information content (AvgIpc) is 2.93. The fourth-order valence-electron chi connectivity index (χ4n) is 3.09. The molecule has 27 heavy (non-hydrogen) atoms. The number of nitrogens with zero attached hydrogens (tertiary/aromatic N) is 3. The molecule has 4 nitrogen and oxygen atoms in total. The fourth-order valence-corrected chi connectivity index (χ4v) is 3.41. The van der Waals surface area contributed by atoms with Crippen LogP contribution in [0, 0.1) is 0 Å². The standard InChI is InChI=1S/C21H25Cl2N3O/c22-20-10-9-18(14-21(20)23)15-26-16-19(24-25-26)8-4-2-1-3-6-17-7-5-12-27-13-11-17/h4,7-10,14,16H,1-3,5-6,11-13,15H2/b8-4+. The number of aromatic nitrogens is 3. The highest BCUT2D eigenvalue weighted by Crippen LogP contribution is 2.23. The molecule has 3 rings (SSSR count). The maximum atomic E-state index is 6.05. The van der Waals surface area contributed by atoms with Crippen LogP contribution in [0.15, 0.2) is 42.1 Å². The van der Waals surface area contributed by atoms with Gasteiger partial charge in [0.1, 0.15) is 5.69 Å². The van der Waals surface area contributed by atoms with E-state index in [0.717, 1.165) is 43.7 Å². The summed E-state index contributed by atoms with van der Waals surface area (Å²) in [6.07, 6.45) is 15.3. The van der Waals surface area contributed by atoms with Crippen molar-refractivity contribution in [3.05, 3.63) is 63.4 Å². The SMILES string of the molecule is Clc1ccc(Cn2cc(/C=C/CCCCC3=CCCOCC3)nn2)cc1Cl. The van der Waals surface area contributed by atoms with Crippen LogP contribution in [-0.2, 0) is 11.3 Å². The number of hydrogen-bond acceptors (Lipinski definition) is 3. The van der Waals surface area contributed by atoms with Gasteiger partial charge in [0.2, 0.25) is 0 Å². The minimum atomic E-state index is 0.557. The van der Waals surface area contributed by atoms with Crippen LogP contribution in [-0.4, -0.2) is 28.2 Å². The normalized spacial score (nSPS) is 15.1. The van der Waals surface area contributed by atoms with E-state index in [1.807, 2.05) is 24.4 Å². The minimum Gasteiger partial charge on any atom is -0.381 e. The zero-order chi connectivity index (χ0) is 18.9. The summed E-state index contributed by atoms with van der Waals surface area (Å²) in [7, 11) is 0. The second-order valence-electron chi connectivity index (χ2n) is 6.75. The monoisotopic (exact) mass is 405 g/mol. The highest BCUT2D eigenvalue weighted by atomic mass is 35.5. The third-order valence-electron chi connectivity index (χ3n) is 4.55. The summed E-state index contributed by atoms with van der Waals surface area (Å²) in [5.41, 5.74) is 3.48. The maximum Gasteiger partial charge on any atom is 0.105 e. The van der Waals surface area contributed by atoms with Crippen molar-refractivity contribution in [2.45, 2.75) is 45.1 Å². The van der Waals surface area contributed by atoms with Crippen molar-refractivity contribution in [2.75, 3.05) is 13.2 Å². The van der Waals surface area contributed by atoms with Crippen LogP contribution in [0.25, 0.3) is 6.08 Å². The Labute approximate surface area is 170 Å². The van der Waals surface area contributed by atoms with Gasteiger partial charge in [0, 0.05) is 0 Å². The first-order valence-electron chi connectivity index (χ1n) is 9.47. The highest BCUT2D eigenvalue weighted by Gasteiger charge is 2.03. The van der Waals surface area contributed by atoms with Crippen molar-refractivity contribution in [1.29, 1.82) is 0 Å². The van der Waals surface area contributed by atoms with Gasteiger partial charge in [0.25, 0.3) is 0 Å². The van der Waals surface area contributed by atoms with Gasteiger partial charge in [-0.1, -0.05) is 52.2 Å². The molecule has 1 aromatic carbocycles. The van der Waals surface area contributed by atoms with E-state index in [1.165, 1.54) is 19.3 Å². The van der Waals surface area contributed by atoms with Crippen LogP contribution in [0.1, 0.15) is 49.8 Å². The summed E-state index contributed by atoms with van der Waals surface area (Å²) < 4.78 is 7.28. The lowest BCUT2D eigenvalue weighted by molar-refractivity contribution is 0.146. The van der Waals surface area contributed by atoms with Crippen LogP contribution >= 0.6 is 23.2 Å². The van der Waals surface area contributed by atoms with Crippen LogP contribution in [0.5, 0.6) is 0 Å². The van der Waals surface area contributed by atoms with Gasteiger partial charge >= 0.3 is 0 Å². The molecular formula is C21H25Cl2N3O. The third kappa shape index (κ3) is 6.80. The van der Waals surface area contributed by atoms with E-state index in [1.54, 1.807) is 16.3 Å². The number of unbranched alkanes of at least 4 members (excludes halogenated alkanes) is 2. The van der Waals surface area contributed by atoms with Crippen molar-refractivity contribution < 1.29 is 4.74 Å². The molecule has 0 unspecified atom stereocenters. The van der Waals surface area contributed by atoms with Gasteiger partial charge in [-0.2, -0.15) is 0 Å². The first-order chi connectivity index (χ1) is 13.2. The molecule has 0 spiro atoms. The van der Waals surface area contributed by atoms with Gasteiger partial charge < -0.3 is 4.74 Å². The molecule has 2 heterocycles. The minimum absolute atomic E-state index is 0.557. The van der Waals surface area contributed by atoms with E-state index in [-0.39, 0.29) is 0 Å². The summed E-state index contributed by atoms with van der Waals surface area (Å²) >= 11 is 12.0. The smallest absolute Gasteiger partial charge is 0.105 e. The summed E-state index contributed by atoms with van der Waals surface area (Å²) in [5.74, 6) is 0. The molecule has 2 aromatic rings. The number of halogens is 2. The van der Waals surface area contributed by atoms with Gasteiger partial charge in [-0.3, -0.25) is 0 Å². The Hall–Kier alpha value is -1.62. The molecule has 144 valence electrons. The largest absolute Gasteiger partial charge is 0.381 e. The van der Waals surface area contributed by atoms with Crippen molar-refractivity contribution in [3.63, 3.8) is 0 Å². The zero-order valence-electron chi connectivity index (χ0n) is 15.4. The number of rotatable bonds is 8. The van der Waals surface area contributed by atoms with Crippen LogP contribution < -0.4 is 0 Å². The highest BCUT2D eigenvalue weighted by molar-refractivity contribution is 6.42. The van der Waals surface area contributed by atoms with E-state index >= 15 is 0 Å². The molecular weight excluding hydrogens is 381 g/mol. The lowest BCUT2D eigenvalue weighted by Crippen LogP contribution is -2.00. The lowest BCUT2D eigenvalue weighted by atomic mass is 10.0. The van der Waals surface area contributed by atoms with Gasteiger partial charge in [0.05, 0.1) is 36.0 Å². The predicted molar refractivity (Wildman–Crippen MR) is 111 cm³/mol.